The molecular weight excluding hydrogens is 460 g/mol. The number of ketones is 1. The highest BCUT2D eigenvalue weighted by Gasteiger charge is 2.16. The molecule has 0 saturated heterocycles. The topological polar surface area (TPSA) is 77.5 Å². The van der Waals surface area contributed by atoms with Crippen LogP contribution in [0.15, 0.2) is 108 Å². The van der Waals surface area contributed by atoms with Crippen molar-refractivity contribution in [2.24, 2.45) is 0 Å². The van der Waals surface area contributed by atoms with Crippen LogP contribution in [-0.4, -0.2) is 26.8 Å². The van der Waals surface area contributed by atoms with Gasteiger partial charge >= 0.3 is 5.97 Å². The molecule has 0 aliphatic rings. The predicted octanol–water partition coefficient (Wildman–Crippen LogP) is 5.68. The lowest BCUT2D eigenvalue weighted by Crippen LogP contribution is -2.14. The van der Waals surface area contributed by atoms with Crippen LogP contribution in [0.1, 0.15) is 31.8 Å². The Balaban J connectivity index is 1.33. The summed E-state index contributed by atoms with van der Waals surface area (Å²) < 4.78 is 30.4. The molecule has 4 rings (SSSR count). The van der Waals surface area contributed by atoms with Gasteiger partial charge in [0.05, 0.1) is 16.2 Å². The molecule has 0 aliphatic carbocycles. The minimum absolute atomic E-state index is 0.178. The second-order valence-corrected chi connectivity index (χ2v) is 10.2. The first-order chi connectivity index (χ1) is 16.8. The van der Waals surface area contributed by atoms with Gasteiger partial charge in [-0.1, -0.05) is 84.4 Å². The zero-order valence-electron chi connectivity index (χ0n) is 19.2. The van der Waals surface area contributed by atoms with Crippen LogP contribution in [-0.2, 0) is 20.3 Å². The lowest BCUT2D eigenvalue weighted by molar-refractivity contribution is 0.0475. The molecule has 5 nitrogen and oxygen atoms in total. The average molecular weight is 485 g/mol. The van der Waals surface area contributed by atoms with Crippen molar-refractivity contribution in [3.63, 3.8) is 0 Å². The predicted molar refractivity (Wildman–Crippen MR) is 135 cm³/mol. The Hall–Kier alpha value is -4.03. The van der Waals surface area contributed by atoms with Crippen LogP contribution in [0, 0.1) is 6.92 Å². The summed E-state index contributed by atoms with van der Waals surface area (Å²) in [6.45, 7) is 1.51. The van der Waals surface area contributed by atoms with E-state index in [1.165, 1.54) is 12.1 Å². The van der Waals surface area contributed by atoms with E-state index >= 15 is 0 Å². The van der Waals surface area contributed by atoms with Crippen molar-refractivity contribution in [1.82, 2.24) is 0 Å². The maximum atomic E-state index is 12.6. The van der Waals surface area contributed by atoms with E-state index in [0.29, 0.717) is 11.1 Å². The molecule has 0 unspecified atom stereocenters. The number of carbonyl (C=O) groups is 2. The van der Waals surface area contributed by atoms with Gasteiger partial charge in [0.15, 0.2) is 22.2 Å². The highest BCUT2D eigenvalue weighted by atomic mass is 32.2. The fourth-order valence-electron chi connectivity index (χ4n) is 3.56. The van der Waals surface area contributed by atoms with Crippen molar-refractivity contribution in [3.8, 4) is 11.1 Å². The van der Waals surface area contributed by atoms with Crippen molar-refractivity contribution in [1.29, 1.82) is 0 Å². The van der Waals surface area contributed by atoms with Crippen LogP contribution in [0.4, 0.5) is 0 Å². The highest BCUT2D eigenvalue weighted by molar-refractivity contribution is 7.90. The number of esters is 1. The van der Waals surface area contributed by atoms with Gasteiger partial charge in [-0.15, -0.1) is 0 Å². The summed E-state index contributed by atoms with van der Waals surface area (Å²) in [6, 6.07) is 29.8. The van der Waals surface area contributed by atoms with Crippen LogP contribution in [0.3, 0.4) is 0 Å². The van der Waals surface area contributed by atoms with Gasteiger partial charge in [0.1, 0.15) is 0 Å². The molecule has 0 aromatic heterocycles. The molecule has 0 fully saturated rings. The van der Waals surface area contributed by atoms with Crippen LogP contribution in [0.5, 0.6) is 0 Å². The third-order valence-corrected chi connectivity index (χ3v) is 7.28. The molecule has 6 heteroatoms. The van der Waals surface area contributed by atoms with Gasteiger partial charge in [0.2, 0.25) is 0 Å². The lowest BCUT2D eigenvalue weighted by Gasteiger charge is -2.08. The Morgan fingerprint density at radius 1 is 0.686 bits per heavy atom. The van der Waals surface area contributed by atoms with Crippen molar-refractivity contribution in [3.05, 3.63) is 125 Å². The lowest BCUT2D eigenvalue weighted by atomic mass is 10.0. The van der Waals surface area contributed by atoms with E-state index in [0.717, 1.165) is 16.7 Å². The number of Topliss-reactive ketones (excluding diaryl/α,β-unsaturated/α-hetero) is 1. The first kappa shape index (κ1) is 24.1. The molecule has 0 saturated carbocycles. The van der Waals surface area contributed by atoms with E-state index in [4.69, 9.17) is 4.74 Å². The van der Waals surface area contributed by atoms with E-state index in [9.17, 15) is 18.0 Å². The molecular formula is C29H24O5S. The molecule has 0 spiro atoms. The van der Waals surface area contributed by atoms with Gasteiger partial charge in [0, 0.05) is 5.56 Å². The maximum Gasteiger partial charge on any atom is 0.338 e. The van der Waals surface area contributed by atoms with E-state index in [1.807, 2.05) is 49.4 Å². The van der Waals surface area contributed by atoms with Gasteiger partial charge in [-0.25, -0.2) is 13.2 Å². The number of carbonyl (C=O) groups excluding carboxylic acids is 2. The number of benzene rings is 4. The smallest absolute Gasteiger partial charge is 0.338 e. The third-order valence-electron chi connectivity index (χ3n) is 5.57. The molecule has 4 aromatic rings. The van der Waals surface area contributed by atoms with Crippen LogP contribution in [0.25, 0.3) is 11.1 Å². The summed E-state index contributed by atoms with van der Waals surface area (Å²) >= 11 is 0. The van der Waals surface area contributed by atoms with Crippen molar-refractivity contribution in [2.75, 3.05) is 6.61 Å². The Morgan fingerprint density at radius 3 is 1.89 bits per heavy atom. The zero-order chi connectivity index (χ0) is 24.8. The molecule has 0 atom stereocenters. The third kappa shape index (κ3) is 6.11. The molecule has 176 valence electrons. The summed E-state index contributed by atoms with van der Waals surface area (Å²) in [5, 5.41) is 0. The number of ether oxygens (including phenoxy) is 1. The normalized spacial score (nSPS) is 11.1. The summed E-state index contributed by atoms with van der Waals surface area (Å²) in [5.74, 6) is -1.13. The van der Waals surface area contributed by atoms with Crippen molar-refractivity contribution >= 4 is 21.6 Å². The fraction of sp³-hybridized carbons (Fsp3) is 0.103. The Bertz CT molecular complexity index is 1420. The van der Waals surface area contributed by atoms with Crippen LogP contribution < -0.4 is 0 Å². The van der Waals surface area contributed by atoms with Crippen LogP contribution in [0.2, 0.25) is 0 Å². The number of hydrogen-bond acceptors (Lipinski definition) is 5. The molecule has 0 bridgehead atoms. The molecule has 0 N–H and O–H groups in total. The first-order valence-electron chi connectivity index (χ1n) is 11.1. The Labute approximate surface area is 204 Å². The van der Waals surface area contributed by atoms with Gasteiger partial charge in [-0.3, -0.25) is 4.79 Å². The molecule has 0 amide bonds. The largest absolute Gasteiger partial charge is 0.454 e. The number of hydrogen-bond donors (Lipinski definition) is 0. The van der Waals surface area contributed by atoms with E-state index in [-0.39, 0.29) is 28.6 Å². The Morgan fingerprint density at radius 2 is 1.26 bits per heavy atom. The molecule has 0 heterocycles. The van der Waals surface area contributed by atoms with E-state index in [2.05, 4.69) is 0 Å². The first-order valence-corrected chi connectivity index (χ1v) is 12.7. The number of aryl methyl sites for hydroxylation is 1. The average Bonchev–Trinajstić information content (AvgIpc) is 2.88. The van der Waals surface area contributed by atoms with E-state index in [1.54, 1.807) is 48.5 Å². The second-order valence-electron chi connectivity index (χ2n) is 8.21. The van der Waals surface area contributed by atoms with Gasteiger partial charge in [-0.2, -0.15) is 0 Å². The summed E-state index contributed by atoms with van der Waals surface area (Å²) in [4.78, 5) is 25.1. The van der Waals surface area contributed by atoms with Gasteiger partial charge in [0.25, 0.3) is 0 Å². The molecule has 0 radical (unpaired) electrons. The molecule has 0 aliphatic heterocycles. The molecule has 35 heavy (non-hydrogen) atoms. The monoisotopic (exact) mass is 484 g/mol. The minimum Gasteiger partial charge on any atom is -0.454 e. The Kier molecular flexibility index (Phi) is 7.22. The number of rotatable bonds is 8. The number of sulfone groups is 1. The minimum atomic E-state index is -3.50. The van der Waals surface area contributed by atoms with Crippen molar-refractivity contribution < 1.29 is 22.7 Å². The summed E-state index contributed by atoms with van der Waals surface area (Å²) in [5.41, 5.74) is 4.27. The summed E-state index contributed by atoms with van der Waals surface area (Å²) in [7, 11) is -3.50. The zero-order valence-corrected chi connectivity index (χ0v) is 20.0. The maximum absolute atomic E-state index is 12.6. The SMILES string of the molecule is Cc1ccc(S(=O)(=O)Cc2ccc(C(=O)OCC(=O)c3ccc(-c4ccccc4)cc3)cc2)cc1. The van der Waals surface area contributed by atoms with Gasteiger partial charge in [-0.05, 0) is 47.9 Å². The van der Waals surface area contributed by atoms with Crippen molar-refractivity contribution in [2.45, 2.75) is 17.6 Å². The van der Waals surface area contributed by atoms with Gasteiger partial charge < -0.3 is 4.74 Å². The summed E-state index contributed by atoms with van der Waals surface area (Å²) in [6.07, 6.45) is 0. The van der Waals surface area contributed by atoms with Crippen LogP contribution >= 0.6 is 0 Å². The van der Waals surface area contributed by atoms with E-state index < -0.39 is 15.8 Å². The molecule has 4 aromatic carbocycles. The standard InChI is InChI=1S/C29H24O5S/c1-21-7-17-27(18-8-21)35(32,33)20-22-9-11-26(12-10-22)29(31)34-19-28(30)25-15-13-24(14-16-25)23-5-3-2-4-6-23/h2-18H,19-20H2,1H3. The highest BCUT2D eigenvalue weighted by Crippen LogP contribution is 2.20. The quantitative estimate of drug-likeness (QED) is 0.238. The fourth-order valence-corrected chi connectivity index (χ4v) is 4.91. The second kappa shape index (κ2) is 10.5.